The fourth-order valence-electron chi connectivity index (χ4n) is 4.27. The second kappa shape index (κ2) is 9.44. The predicted molar refractivity (Wildman–Crippen MR) is 114 cm³/mol. The van der Waals surface area contributed by atoms with Gasteiger partial charge in [-0.05, 0) is 45.5 Å². The van der Waals surface area contributed by atoms with E-state index in [1.54, 1.807) is 7.11 Å². The lowest BCUT2D eigenvalue weighted by Crippen LogP contribution is -2.43. The highest BCUT2D eigenvalue weighted by atomic mass is 16.5. The second-order valence-corrected chi connectivity index (χ2v) is 8.04. The topological polar surface area (TPSA) is 53.1 Å². The molecule has 1 aromatic rings. The number of imide groups is 1. The molecule has 29 heavy (non-hydrogen) atoms. The number of hydrogen-bond acceptors (Lipinski definition) is 5. The summed E-state index contributed by atoms with van der Waals surface area (Å²) in [6, 6.07) is 7.72. The largest absolute Gasteiger partial charge is 0.496 e. The molecule has 6 nitrogen and oxygen atoms in total. The Kier molecular flexibility index (Phi) is 6.96. The molecule has 2 aliphatic heterocycles. The van der Waals surface area contributed by atoms with E-state index in [1.165, 1.54) is 4.90 Å². The van der Waals surface area contributed by atoms with Gasteiger partial charge >= 0.3 is 0 Å². The molecule has 1 fully saturated rings. The number of amides is 2. The normalized spacial score (nSPS) is 18.7. The van der Waals surface area contributed by atoms with Crippen LogP contribution in [0.4, 0.5) is 0 Å². The predicted octanol–water partition coefficient (Wildman–Crippen LogP) is 2.99. The average molecular weight is 400 g/mol. The molecule has 0 aliphatic carbocycles. The molecule has 1 saturated heterocycles. The molecule has 0 N–H and O–H groups in total. The summed E-state index contributed by atoms with van der Waals surface area (Å²) in [5.41, 5.74) is 1.69. The smallest absolute Gasteiger partial charge is 0.277 e. The summed E-state index contributed by atoms with van der Waals surface area (Å²) in [6.45, 7) is 4.57. The Bertz CT molecular complexity index is 781. The van der Waals surface area contributed by atoms with Crippen LogP contribution in [0.1, 0.15) is 44.6 Å². The van der Waals surface area contributed by atoms with Gasteiger partial charge in [-0.2, -0.15) is 0 Å². The van der Waals surface area contributed by atoms with Crippen LogP contribution in [0.3, 0.4) is 0 Å². The number of piperidine rings is 1. The molecule has 0 spiro atoms. The van der Waals surface area contributed by atoms with E-state index < -0.39 is 0 Å². The zero-order chi connectivity index (χ0) is 21.0. The summed E-state index contributed by atoms with van der Waals surface area (Å²) in [5.74, 6) is 0.243. The van der Waals surface area contributed by atoms with Crippen LogP contribution in [0.15, 0.2) is 30.0 Å². The third-order valence-corrected chi connectivity index (χ3v) is 6.09. The van der Waals surface area contributed by atoms with E-state index in [9.17, 15) is 9.59 Å². The van der Waals surface area contributed by atoms with Gasteiger partial charge in [0.15, 0.2) is 0 Å². The van der Waals surface area contributed by atoms with Crippen molar-refractivity contribution in [2.45, 2.75) is 45.1 Å². The number of carbonyl (C=O) groups excluding carboxylic acids is 2. The Balaban J connectivity index is 2.00. The van der Waals surface area contributed by atoms with Crippen LogP contribution in [0.5, 0.6) is 5.75 Å². The van der Waals surface area contributed by atoms with Crippen molar-refractivity contribution in [2.75, 3.05) is 40.8 Å². The third-order valence-electron chi connectivity index (χ3n) is 6.09. The summed E-state index contributed by atoms with van der Waals surface area (Å²) in [7, 11) is 5.68. The lowest BCUT2D eigenvalue weighted by Gasteiger charge is -2.36. The van der Waals surface area contributed by atoms with Crippen LogP contribution >= 0.6 is 0 Å². The highest BCUT2D eigenvalue weighted by Crippen LogP contribution is 2.37. The van der Waals surface area contributed by atoms with Crippen LogP contribution in [0, 0.1) is 0 Å². The van der Waals surface area contributed by atoms with Gasteiger partial charge in [0, 0.05) is 25.2 Å². The number of likely N-dealkylation sites (tertiary alicyclic amines) is 1. The molecule has 3 rings (SSSR count). The number of hydrogen-bond donors (Lipinski definition) is 0. The Labute approximate surface area is 174 Å². The van der Waals surface area contributed by atoms with Gasteiger partial charge in [0.2, 0.25) is 0 Å². The van der Waals surface area contributed by atoms with Gasteiger partial charge in [0.1, 0.15) is 11.4 Å². The first kappa shape index (κ1) is 21.4. The third kappa shape index (κ3) is 4.32. The lowest BCUT2D eigenvalue weighted by atomic mass is 9.99. The molecule has 0 unspecified atom stereocenters. The summed E-state index contributed by atoms with van der Waals surface area (Å²) >= 11 is 0. The van der Waals surface area contributed by atoms with Crippen LogP contribution in [0.25, 0.3) is 5.57 Å². The van der Waals surface area contributed by atoms with Crippen molar-refractivity contribution in [3.63, 3.8) is 0 Å². The van der Waals surface area contributed by atoms with Crippen molar-refractivity contribution in [1.82, 2.24) is 14.7 Å². The second-order valence-electron chi connectivity index (χ2n) is 8.04. The van der Waals surface area contributed by atoms with Gasteiger partial charge < -0.3 is 14.5 Å². The van der Waals surface area contributed by atoms with E-state index in [2.05, 4.69) is 23.8 Å². The van der Waals surface area contributed by atoms with Crippen LogP contribution in [-0.2, 0) is 9.59 Å². The monoisotopic (exact) mass is 399 g/mol. The quantitative estimate of drug-likeness (QED) is 0.497. The molecule has 0 radical (unpaired) electrons. The molecular formula is C23H33N3O3. The number of nitrogens with zero attached hydrogens (tertiary/aromatic N) is 3. The number of likely N-dealkylation sites (N-methyl/N-ethyl adjacent to an activating group) is 1. The Morgan fingerprint density at radius 1 is 1.10 bits per heavy atom. The Morgan fingerprint density at radius 2 is 1.79 bits per heavy atom. The van der Waals surface area contributed by atoms with Gasteiger partial charge in [-0.25, -0.2) is 0 Å². The molecule has 0 saturated carbocycles. The zero-order valence-electron chi connectivity index (χ0n) is 18.1. The fourth-order valence-corrected chi connectivity index (χ4v) is 4.27. The molecule has 2 amide bonds. The van der Waals surface area contributed by atoms with Gasteiger partial charge in [-0.3, -0.25) is 14.5 Å². The van der Waals surface area contributed by atoms with Crippen molar-refractivity contribution >= 4 is 17.4 Å². The number of para-hydroxylation sites is 1. The van der Waals surface area contributed by atoms with E-state index in [4.69, 9.17) is 4.74 Å². The van der Waals surface area contributed by atoms with Gasteiger partial charge in [-0.1, -0.05) is 38.0 Å². The van der Waals surface area contributed by atoms with Crippen LogP contribution < -0.4 is 4.74 Å². The molecule has 0 bridgehead atoms. The number of unbranched alkanes of at least 4 members (excludes halogenated alkanes) is 2. The molecule has 2 heterocycles. The maximum atomic E-state index is 13.4. The zero-order valence-corrected chi connectivity index (χ0v) is 18.1. The molecule has 6 heteroatoms. The van der Waals surface area contributed by atoms with Gasteiger partial charge in [0.05, 0.1) is 12.7 Å². The SMILES string of the molecule is CCCCCN1C(=O)C(c2ccccc2OC)=C(N(C)C2CCN(C)CC2)C1=O. The summed E-state index contributed by atoms with van der Waals surface area (Å²) in [6.07, 6.45) is 4.84. The summed E-state index contributed by atoms with van der Waals surface area (Å²) in [5, 5.41) is 0. The Morgan fingerprint density at radius 3 is 2.45 bits per heavy atom. The van der Waals surface area contributed by atoms with Gasteiger partial charge in [0.25, 0.3) is 11.8 Å². The number of ether oxygens (including phenoxy) is 1. The first-order valence-electron chi connectivity index (χ1n) is 10.6. The van der Waals surface area contributed by atoms with Crippen LogP contribution in [0.2, 0.25) is 0 Å². The van der Waals surface area contributed by atoms with E-state index in [0.717, 1.165) is 45.2 Å². The summed E-state index contributed by atoms with van der Waals surface area (Å²) < 4.78 is 5.52. The number of benzene rings is 1. The standard InChI is InChI=1S/C23H33N3O3/c1-5-6-9-14-26-22(27)20(18-10-7-8-11-19(18)29-4)21(23(26)28)25(3)17-12-15-24(2)16-13-17/h7-8,10-11,17H,5-6,9,12-16H2,1-4H3. The molecule has 158 valence electrons. The van der Waals surface area contributed by atoms with E-state index in [-0.39, 0.29) is 17.9 Å². The first-order chi connectivity index (χ1) is 14.0. The van der Waals surface area contributed by atoms with Crippen LogP contribution in [-0.4, -0.2) is 73.4 Å². The number of rotatable bonds is 8. The summed E-state index contributed by atoms with van der Waals surface area (Å²) in [4.78, 5) is 32.6. The van der Waals surface area contributed by atoms with Crippen molar-refractivity contribution in [3.8, 4) is 5.75 Å². The molecule has 0 aromatic heterocycles. The van der Waals surface area contributed by atoms with E-state index in [1.807, 2.05) is 31.3 Å². The average Bonchev–Trinajstić information content (AvgIpc) is 2.98. The minimum absolute atomic E-state index is 0.173. The van der Waals surface area contributed by atoms with Crippen molar-refractivity contribution in [1.29, 1.82) is 0 Å². The van der Waals surface area contributed by atoms with Crippen molar-refractivity contribution < 1.29 is 14.3 Å². The van der Waals surface area contributed by atoms with E-state index >= 15 is 0 Å². The van der Waals surface area contributed by atoms with E-state index in [0.29, 0.717) is 29.1 Å². The lowest BCUT2D eigenvalue weighted by molar-refractivity contribution is -0.137. The van der Waals surface area contributed by atoms with Crippen molar-refractivity contribution in [2.24, 2.45) is 0 Å². The molecule has 2 aliphatic rings. The number of methoxy groups -OCH3 is 1. The maximum Gasteiger partial charge on any atom is 0.277 e. The van der Waals surface area contributed by atoms with Gasteiger partial charge in [-0.15, -0.1) is 0 Å². The fraction of sp³-hybridized carbons (Fsp3) is 0.565. The minimum atomic E-state index is -0.203. The highest BCUT2D eigenvalue weighted by molar-refractivity contribution is 6.36. The number of carbonyl (C=O) groups is 2. The maximum absolute atomic E-state index is 13.4. The highest BCUT2D eigenvalue weighted by Gasteiger charge is 2.42. The molecular weight excluding hydrogens is 366 g/mol. The molecule has 1 aromatic carbocycles. The Hall–Kier alpha value is -2.34. The first-order valence-corrected chi connectivity index (χ1v) is 10.6. The van der Waals surface area contributed by atoms with Crippen molar-refractivity contribution in [3.05, 3.63) is 35.5 Å². The molecule has 0 atom stereocenters. The minimum Gasteiger partial charge on any atom is -0.496 e.